The van der Waals surface area contributed by atoms with E-state index in [2.05, 4.69) is 20.9 Å². The predicted molar refractivity (Wildman–Crippen MR) is 111 cm³/mol. The molecular formula is C20H20N4O3S. The summed E-state index contributed by atoms with van der Waals surface area (Å²) < 4.78 is 0.761. The zero-order valence-electron chi connectivity index (χ0n) is 15.5. The monoisotopic (exact) mass is 396 g/mol. The summed E-state index contributed by atoms with van der Waals surface area (Å²) in [5, 5.41) is 8.47. The second-order valence-electron chi connectivity index (χ2n) is 6.20. The van der Waals surface area contributed by atoms with E-state index in [1.807, 2.05) is 32.0 Å². The summed E-state index contributed by atoms with van der Waals surface area (Å²) in [4.78, 5) is 40.6. The fourth-order valence-electron chi connectivity index (χ4n) is 2.63. The van der Waals surface area contributed by atoms with Crippen molar-refractivity contribution < 1.29 is 14.4 Å². The van der Waals surface area contributed by atoms with Crippen molar-refractivity contribution in [2.45, 2.75) is 20.3 Å². The van der Waals surface area contributed by atoms with Gasteiger partial charge in [-0.05, 0) is 49.7 Å². The largest absolute Gasteiger partial charge is 0.338 e. The van der Waals surface area contributed by atoms with Gasteiger partial charge in [-0.3, -0.25) is 14.9 Å². The first-order valence-electron chi connectivity index (χ1n) is 8.80. The number of aryl methyl sites for hydroxylation is 1. The number of hydrogen-bond acceptors (Lipinski definition) is 5. The van der Waals surface area contributed by atoms with E-state index in [1.165, 1.54) is 11.3 Å². The Kier molecular flexibility index (Phi) is 6.00. The second kappa shape index (κ2) is 8.62. The van der Waals surface area contributed by atoms with E-state index < -0.39 is 0 Å². The van der Waals surface area contributed by atoms with Gasteiger partial charge in [0.25, 0.3) is 0 Å². The number of thiazole rings is 1. The maximum atomic E-state index is 12.5. The maximum absolute atomic E-state index is 12.5. The van der Waals surface area contributed by atoms with E-state index >= 15 is 0 Å². The molecule has 144 valence electrons. The van der Waals surface area contributed by atoms with Gasteiger partial charge in [0.2, 0.25) is 5.91 Å². The van der Waals surface area contributed by atoms with Crippen molar-refractivity contribution in [2.24, 2.45) is 0 Å². The number of urea groups is 1. The zero-order valence-corrected chi connectivity index (χ0v) is 16.4. The van der Waals surface area contributed by atoms with E-state index in [0.29, 0.717) is 28.4 Å². The van der Waals surface area contributed by atoms with Crippen LogP contribution in [0.3, 0.4) is 0 Å². The lowest BCUT2D eigenvalue weighted by Crippen LogP contribution is -2.28. The van der Waals surface area contributed by atoms with Crippen molar-refractivity contribution in [1.82, 2.24) is 10.3 Å². The highest BCUT2D eigenvalue weighted by Gasteiger charge is 2.14. The van der Waals surface area contributed by atoms with Crippen LogP contribution in [0.4, 0.5) is 15.6 Å². The Balaban J connectivity index is 1.67. The van der Waals surface area contributed by atoms with Crippen LogP contribution < -0.4 is 16.0 Å². The van der Waals surface area contributed by atoms with E-state index in [1.54, 1.807) is 24.3 Å². The second-order valence-corrected chi connectivity index (χ2v) is 7.23. The Hall–Kier alpha value is -3.26. The Bertz CT molecular complexity index is 1040. The Labute approximate surface area is 166 Å². The summed E-state index contributed by atoms with van der Waals surface area (Å²) in [5.74, 6) is -0.641. The molecule has 7 nitrogen and oxygen atoms in total. The van der Waals surface area contributed by atoms with Crippen LogP contribution in [0, 0.1) is 6.92 Å². The number of ketones is 1. The van der Waals surface area contributed by atoms with Crippen LogP contribution in [0.15, 0.2) is 42.5 Å². The molecule has 0 aliphatic heterocycles. The van der Waals surface area contributed by atoms with Gasteiger partial charge in [0.05, 0.1) is 16.6 Å². The summed E-state index contributed by atoms with van der Waals surface area (Å²) in [6.45, 7) is 4.27. The Morgan fingerprint density at radius 1 is 1.07 bits per heavy atom. The minimum atomic E-state index is -0.362. The number of fused-ring (bicyclic) bond motifs is 1. The molecule has 0 aliphatic carbocycles. The fourth-order valence-corrected chi connectivity index (χ4v) is 3.53. The summed E-state index contributed by atoms with van der Waals surface area (Å²) >= 11 is 1.27. The number of anilines is 2. The van der Waals surface area contributed by atoms with Crippen molar-refractivity contribution in [3.63, 3.8) is 0 Å². The first-order valence-corrected chi connectivity index (χ1v) is 9.61. The smallest absolute Gasteiger partial charge is 0.321 e. The van der Waals surface area contributed by atoms with Crippen LogP contribution in [0.2, 0.25) is 0 Å². The lowest BCUT2D eigenvalue weighted by molar-refractivity contribution is -0.115. The van der Waals surface area contributed by atoms with E-state index in [4.69, 9.17) is 0 Å². The molecule has 3 N–H and O–H groups in total. The first-order chi connectivity index (χ1) is 13.4. The third kappa shape index (κ3) is 4.92. The average Bonchev–Trinajstić information content (AvgIpc) is 3.02. The van der Waals surface area contributed by atoms with Gasteiger partial charge in [-0.1, -0.05) is 23.5 Å². The van der Waals surface area contributed by atoms with Gasteiger partial charge in [0.15, 0.2) is 10.9 Å². The number of amides is 3. The highest BCUT2D eigenvalue weighted by Crippen LogP contribution is 2.27. The molecule has 0 unspecified atom stereocenters. The molecule has 2 aromatic carbocycles. The quantitative estimate of drug-likeness (QED) is 0.434. The van der Waals surface area contributed by atoms with E-state index in [9.17, 15) is 14.4 Å². The number of aromatic nitrogens is 1. The molecule has 3 amide bonds. The summed E-state index contributed by atoms with van der Waals surface area (Å²) in [7, 11) is 0. The summed E-state index contributed by atoms with van der Waals surface area (Å²) in [6.07, 6.45) is -0.248. The lowest BCUT2D eigenvalue weighted by Gasteiger charge is -2.05. The highest BCUT2D eigenvalue weighted by atomic mass is 32.1. The predicted octanol–water partition coefficient (Wildman–Crippen LogP) is 3.96. The van der Waals surface area contributed by atoms with Gasteiger partial charge >= 0.3 is 6.03 Å². The van der Waals surface area contributed by atoms with Crippen LogP contribution in [-0.4, -0.2) is 29.3 Å². The number of rotatable bonds is 6. The SMILES string of the molecule is CCNC(=O)Nc1nc2ccc(C(=O)CC(=O)Nc3cccc(C)c3)cc2s1. The summed E-state index contributed by atoms with van der Waals surface area (Å²) in [5.41, 5.74) is 2.80. The summed E-state index contributed by atoms with van der Waals surface area (Å²) in [6, 6.07) is 12.1. The molecule has 1 heterocycles. The minimum absolute atomic E-state index is 0.248. The van der Waals surface area contributed by atoms with Crippen molar-refractivity contribution in [1.29, 1.82) is 0 Å². The van der Waals surface area contributed by atoms with Gasteiger partial charge in [-0.2, -0.15) is 0 Å². The number of hydrogen-bond donors (Lipinski definition) is 3. The number of Topliss-reactive ketones (excluding diaryl/α,β-unsaturated/α-hetero) is 1. The molecule has 28 heavy (non-hydrogen) atoms. The van der Waals surface area contributed by atoms with Gasteiger partial charge < -0.3 is 10.6 Å². The topological polar surface area (TPSA) is 100 Å². The lowest BCUT2D eigenvalue weighted by atomic mass is 10.1. The van der Waals surface area contributed by atoms with Crippen LogP contribution in [0.25, 0.3) is 10.2 Å². The van der Waals surface area contributed by atoms with Crippen molar-refractivity contribution in [3.05, 3.63) is 53.6 Å². The van der Waals surface area contributed by atoms with Crippen molar-refractivity contribution in [3.8, 4) is 0 Å². The number of carbonyl (C=O) groups excluding carboxylic acids is 3. The Morgan fingerprint density at radius 2 is 1.89 bits per heavy atom. The Morgan fingerprint density at radius 3 is 2.64 bits per heavy atom. The number of nitrogens with zero attached hydrogens (tertiary/aromatic N) is 1. The van der Waals surface area contributed by atoms with Gasteiger partial charge in [-0.15, -0.1) is 0 Å². The molecule has 8 heteroatoms. The highest BCUT2D eigenvalue weighted by molar-refractivity contribution is 7.22. The third-order valence-corrected chi connectivity index (χ3v) is 4.82. The maximum Gasteiger partial charge on any atom is 0.321 e. The molecule has 0 aliphatic rings. The normalized spacial score (nSPS) is 10.5. The van der Waals surface area contributed by atoms with Crippen molar-refractivity contribution in [2.75, 3.05) is 17.2 Å². The molecule has 1 aromatic heterocycles. The molecule has 0 atom stereocenters. The minimum Gasteiger partial charge on any atom is -0.338 e. The third-order valence-electron chi connectivity index (χ3n) is 3.89. The standard InChI is InChI=1S/C20H20N4O3S/c1-3-21-19(27)24-20-23-15-8-7-13(10-17(15)28-20)16(25)11-18(26)22-14-6-4-5-12(2)9-14/h4-10H,3,11H2,1-2H3,(H,22,26)(H2,21,23,24,27). The van der Waals surface area contributed by atoms with Crippen LogP contribution in [0.5, 0.6) is 0 Å². The van der Waals surface area contributed by atoms with E-state index in [-0.39, 0.29) is 24.1 Å². The average molecular weight is 396 g/mol. The fraction of sp³-hybridized carbons (Fsp3) is 0.200. The van der Waals surface area contributed by atoms with Gasteiger partial charge in [0.1, 0.15) is 0 Å². The molecular weight excluding hydrogens is 376 g/mol. The van der Waals surface area contributed by atoms with E-state index in [0.717, 1.165) is 10.3 Å². The van der Waals surface area contributed by atoms with Gasteiger partial charge in [0, 0.05) is 17.8 Å². The zero-order chi connectivity index (χ0) is 20.1. The molecule has 0 fully saturated rings. The molecule has 0 saturated carbocycles. The van der Waals surface area contributed by atoms with Gasteiger partial charge in [-0.25, -0.2) is 9.78 Å². The molecule has 0 spiro atoms. The molecule has 3 rings (SSSR count). The first kappa shape index (κ1) is 19.5. The number of nitrogens with one attached hydrogen (secondary N) is 3. The molecule has 3 aromatic rings. The van der Waals surface area contributed by atoms with Crippen molar-refractivity contribution >= 4 is 50.1 Å². The van der Waals surface area contributed by atoms with Crippen LogP contribution >= 0.6 is 11.3 Å². The van der Waals surface area contributed by atoms with Crippen LogP contribution in [0.1, 0.15) is 29.3 Å². The molecule has 0 radical (unpaired) electrons. The molecule has 0 bridgehead atoms. The molecule has 0 saturated heterocycles. The van der Waals surface area contributed by atoms with Crippen LogP contribution in [-0.2, 0) is 4.79 Å². The number of benzene rings is 2. The number of carbonyl (C=O) groups is 3.